The zero-order valence-corrected chi connectivity index (χ0v) is 19.8. The number of hydrogen-bond acceptors (Lipinski definition) is 8. The Labute approximate surface area is 206 Å². The van der Waals surface area contributed by atoms with Crippen LogP contribution in [0.4, 0.5) is 17.1 Å². The molecule has 1 saturated heterocycles. The Hall–Kier alpha value is -3.80. The number of ether oxygens (including phenoxy) is 1. The number of furan rings is 1. The fourth-order valence-corrected chi connectivity index (χ4v) is 3.94. The topological polar surface area (TPSA) is 130 Å². The molecule has 1 aromatic heterocycles. The quantitative estimate of drug-likeness (QED) is 0.266. The average molecular weight is 497 g/mol. The number of aliphatic hydroxyl groups is 1. The van der Waals surface area contributed by atoms with Crippen LogP contribution in [0, 0.1) is 17.0 Å². The highest BCUT2D eigenvalue weighted by Crippen LogP contribution is 2.30. The van der Waals surface area contributed by atoms with Crippen LogP contribution in [0.2, 0.25) is 0 Å². The minimum Gasteiger partial charge on any atom is -0.459 e. The number of hydrogen-bond donors (Lipinski definition) is 3. The van der Waals surface area contributed by atoms with Gasteiger partial charge in [0.2, 0.25) is 0 Å². The van der Waals surface area contributed by atoms with Crippen LogP contribution in [0.5, 0.6) is 0 Å². The maximum absolute atomic E-state index is 12.8. The summed E-state index contributed by atoms with van der Waals surface area (Å²) in [7, 11) is 0. The lowest BCUT2D eigenvalue weighted by Crippen LogP contribution is -2.37. The lowest BCUT2D eigenvalue weighted by molar-refractivity contribution is -0.384. The molecule has 3 N–H and O–H groups in total. The molecule has 1 fully saturated rings. The summed E-state index contributed by atoms with van der Waals surface area (Å²) < 4.78 is 10.9. The predicted octanol–water partition coefficient (Wildman–Crippen LogP) is 3.62. The molecule has 0 saturated carbocycles. The number of aliphatic hydroxyl groups excluding tert-OH is 1. The number of carbonyl (C=O) groups is 1. The van der Waals surface area contributed by atoms with E-state index >= 15 is 0 Å². The van der Waals surface area contributed by atoms with Gasteiger partial charge in [-0.25, -0.2) is 0 Å². The Bertz CT molecular complexity index is 1270. The molecule has 2 heterocycles. The first-order chi connectivity index (χ1) is 16.9. The zero-order chi connectivity index (χ0) is 24.9. The molecule has 11 heteroatoms. The van der Waals surface area contributed by atoms with E-state index in [2.05, 4.69) is 10.6 Å². The third-order valence-corrected chi connectivity index (χ3v) is 5.81. The highest BCUT2D eigenvalue weighted by molar-refractivity contribution is 7.80. The summed E-state index contributed by atoms with van der Waals surface area (Å²) >= 11 is 5.31. The minimum absolute atomic E-state index is 0.0469. The van der Waals surface area contributed by atoms with E-state index in [-0.39, 0.29) is 23.0 Å². The first-order valence-electron chi connectivity index (χ1n) is 10.9. The number of benzene rings is 2. The number of amides is 1. The van der Waals surface area contributed by atoms with Crippen LogP contribution >= 0.6 is 12.2 Å². The summed E-state index contributed by atoms with van der Waals surface area (Å²) in [5, 5.41) is 26.5. The molecule has 2 aromatic carbocycles. The van der Waals surface area contributed by atoms with Gasteiger partial charge in [0.05, 0.1) is 18.1 Å². The van der Waals surface area contributed by atoms with Crippen LogP contribution < -0.4 is 15.5 Å². The Balaban J connectivity index is 1.47. The van der Waals surface area contributed by atoms with Gasteiger partial charge in [0, 0.05) is 36.0 Å². The molecule has 0 bridgehead atoms. The molecule has 1 amide bonds. The summed E-state index contributed by atoms with van der Waals surface area (Å²) in [6.45, 7) is 3.74. The number of nitrogens with zero attached hydrogens (tertiary/aromatic N) is 2. The van der Waals surface area contributed by atoms with Crippen LogP contribution in [0.1, 0.15) is 21.7 Å². The molecule has 182 valence electrons. The predicted molar refractivity (Wildman–Crippen MR) is 135 cm³/mol. The van der Waals surface area contributed by atoms with Gasteiger partial charge in [-0.05, 0) is 55.0 Å². The zero-order valence-electron chi connectivity index (χ0n) is 18.9. The highest BCUT2D eigenvalue weighted by atomic mass is 32.1. The lowest BCUT2D eigenvalue weighted by Gasteiger charge is -2.28. The normalized spacial score (nSPS) is 13.4. The van der Waals surface area contributed by atoms with E-state index in [1.807, 2.05) is 30.0 Å². The van der Waals surface area contributed by atoms with Crippen molar-refractivity contribution in [3.05, 3.63) is 75.5 Å². The van der Waals surface area contributed by atoms with Crippen LogP contribution in [0.15, 0.2) is 52.9 Å². The van der Waals surface area contributed by atoms with Gasteiger partial charge in [-0.1, -0.05) is 12.1 Å². The Kier molecular flexibility index (Phi) is 7.39. The molecule has 0 spiro atoms. The fourth-order valence-electron chi connectivity index (χ4n) is 3.74. The van der Waals surface area contributed by atoms with Gasteiger partial charge in [-0.3, -0.25) is 20.2 Å². The van der Waals surface area contributed by atoms with Crippen LogP contribution in [-0.4, -0.2) is 47.4 Å². The van der Waals surface area contributed by atoms with E-state index in [0.717, 1.165) is 11.1 Å². The van der Waals surface area contributed by atoms with Crippen molar-refractivity contribution >= 4 is 40.3 Å². The molecule has 10 nitrogen and oxygen atoms in total. The van der Waals surface area contributed by atoms with Crippen molar-refractivity contribution in [1.82, 2.24) is 5.32 Å². The minimum atomic E-state index is -0.563. The summed E-state index contributed by atoms with van der Waals surface area (Å²) in [4.78, 5) is 25.8. The molecule has 0 atom stereocenters. The first kappa shape index (κ1) is 24.3. The van der Waals surface area contributed by atoms with Crippen LogP contribution in [0.25, 0.3) is 11.3 Å². The molecular weight excluding hydrogens is 472 g/mol. The Morgan fingerprint density at radius 1 is 1.17 bits per heavy atom. The molecule has 4 rings (SSSR count). The van der Waals surface area contributed by atoms with E-state index in [4.69, 9.17) is 21.4 Å². The highest BCUT2D eigenvalue weighted by Gasteiger charge is 2.23. The number of thiocarbonyl (C=S) groups is 1. The van der Waals surface area contributed by atoms with Crippen molar-refractivity contribution in [2.45, 2.75) is 13.5 Å². The molecule has 3 aromatic rings. The van der Waals surface area contributed by atoms with Gasteiger partial charge in [-0.2, -0.15) is 0 Å². The van der Waals surface area contributed by atoms with E-state index < -0.39 is 10.8 Å². The lowest BCUT2D eigenvalue weighted by atomic mass is 10.1. The van der Waals surface area contributed by atoms with Crippen LogP contribution in [0.3, 0.4) is 0 Å². The molecule has 0 radical (unpaired) electrons. The number of carbonyl (C=O) groups excluding carboxylic acids is 1. The standard InChI is InChI=1S/C24H24N4O6S/c1-15-2-3-16(22-7-5-18(14-29)34-22)12-19(15)25-24(35)26-23(30)17-4-6-20(21(13-17)28(31)32)27-8-10-33-11-9-27/h2-7,12-13,29H,8-11,14H2,1H3,(H2,25,26,30,35). The summed E-state index contributed by atoms with van der Waals surface area (Å²) in [6, 6.07) is 13.4. The monoisotopic (exact) mass is 496 g/mol. The first-order valence-corrected chi connectivity index (χ1v) is 11.3. The molecule has 1 aliphatic heterocycles. The number of morpholine rings is 1. The second-order valence-electron chi connectivity index (χ2n) is 7.92. The van der Waals surface area contributed by atoms with E-state index in [1.54, 1.807) is 18.2 Å². The fraction of sp³-hybridized carbons (Fsp3) is 0.250. The van der Waals surface area contributed by atoms with E-state index in [1.165, 1.54) is 12.1 Å². The molecule has 1 aliphatic rings. The van der Waals surface area contributed by atoms with Gasteiger partial charge in [0.25, 0.3) is 11.6 Å². The van der Waals surface area contributed by atoms with Gasteiger partial charge in [0.1, 0.15) is 23.8 Å². The smallest absolute Gasteiger partial charge is 0.293 e. The average Bonchev–Trinajstić information content (AvgIpc) is 3.35. The van der Waals surface area contributed by atoms with Gasteiger partial charge in [-0.15, -0.1) is 0 Å². The van der Waals surface area contributed by atoms with Crippen molar-refractivity contribution in [2.24, 2.45) is 0 Å². The summed E-state index contributed by atoms with van der Waals surface area (Å²) in [5.74, 6) is 0.470. The second-order valence-corrected chi connectivity index (χ2v) is 8.33. The number of anilines is 2. The van der Waals surface area contributed by atoms with Crippen molar-refractivity contribution < 1.29 is 24.0 Å². The third-order valence-electron chi connectivity index (χ3n) is 5.60. The van der Waals surface area contributed by atoms with Gasteiger partial charge in [0.15, 0.2) is 5.11 Å². The largest absolute Gasteiger partial charge is 0.459 e. The molecular formula is C24H24N4O6S. The van der Waals surface area contributed by atoms with E-state index in [0.29, 0.717) is 49.2 Å². The summed E-state index contributed by atoms with van der Waals surface area (Å²) in [6.07, 6.45) is 0. The second kappa shape index (κ2) is 10.6. The third kappa shape index (κ3) is 5.65. The number of nitro benzene ring substituents is 1. The van der Waals surface area contributed by atoms with Crippen molar-refractivity contribution in [3.8, 4) is 11.3 Å². The van der Waals surface area contributed by atoms with Crippen molar-refractivity contribution in [3.63, 3.8) is 0 Å². The number of rotatable bonds is 6. The summed E-state index contributed by atoms with van der Waals surface area (Å²) in [5.41, 5.74) is 2.72. The molecule has 0 aliphatic carbocycles. The van der Waals surface area contributed by atoms with Crippen LogP contribution in [-0.2, 0) is 11.3 Å². The van der Waals surface area contributed by atoms with Crippen molar-refractivity contribution in [2.75, 3.05) is 36.5 Å². The number of nitro groups is 1. The SMILES string of the molecule is Cc1ccc(-c2ccc(CO)o2)cc1NC(=S)NC(=O)c1ccc(N2CCOCC2)c([N+](=O)[O-])c1. The van der Waals surface area contributed by atoms with Gasteiger partial charge < -0.3 is 24.5 Å². The number of aryl methyl sites for hydroxylation is 1. The Morgan fingerprint density at radius 3 is 2.63 bits per heavy atom. The Morgan fingerprint density at radius 2 is 1.94 bits per heavy atom. The van der Waals surface area contributed by atoms with E-state index in [9.17, 15) is 20.0 Å². The maximum Gasteiger partial charge on any atom is 0.293 e. The number of nitrogens with one attached hydrogen (secondary N) is 2. The maximum atomic E-state index is 12.8. The van der Waals surface area contributed by atoms with Crippen molar-refractivity contribution in [1.29, 1.82) is 0 Å². The molecule has 0 unspecified atom stereocenters. The van der Waals surface area contributed by atoms with Gasteiger partial charge >= 0.3 is 0 Å². The molecule has 35 heavy (non-hydrogen) atoms.